The fourth-order valence-corrected chi connectivity index (χ4v) is 3.67. The van der Waals surface area contributed by atoms with E-state index in [0.29, 0.717) is 12.8 Å². The molecular formula is C14H28N2O4S. The molecule has 1 rings (SSSR count). The second-order valence-corrected chi connectivity index (χ2v) is 9.02. The van der Waals surface area contributed by atoms with Gasteiger partial charge in [-0.25, -0.2) is 13.2 Å². The lowest BCUT2D eigenvalue weighted by Gasteiger charge is -2.24. The van der Waals surface area contributed by atoms with Crippen molar-refractivity contribution >= 4 is 15.9 Å². The highest BCUT2D eigenvalue weighted by atomic mass is 32.2. The minimum Gasteiger partial charge on any atom is -0.444 e. The van der Waals surface area contributed by atoms with E-state index in [0.717, 1.165) is 13.0 Å². The number of carbonyl (C=O) groups excluding carboxylic acids is 1. The summed E-state index contributed by atoms with van der Waals surface area (Å²) >= 11 is 0. The van der Waals surface area contributed by atoms with E-state index in [-0.39, 0.29) is 23.6 Å². The number of carbonyl (C=O) groups is 1. The number of hydrogen-bond donors (Lipinski definition) is 2. The van der Waals surface area contributed by atoms with E-state index in [1.165, 1.54) is 0 Å². The largest absolute Gasteiger partial charge is 0.444 e. The summed E-state index contributed by atoms with van der Waals surface area (Å²) in [7, 11) is -2.80. The third-order valence-electron chi connectivity index (χ3n) is 3.33. The Bertz CT molecular complexity index is 428. The van der Waals surface area contributed by atoms with Crippen LogP contribution in [0.15, 0.2) is 0 Å². The lowest BCUT2D eigenvalue weighted by atomic mass is 10.1. The van der Waals surface area contributed by atoms with Gasteiger partial charge in [0.2, 0.25) is 0 Å². The Morgan fingerprint density at radius 2 is 1.86 bits per heavy atom. The summed E-state index contributed by atoms with van der Waals surface area (Å²) < 4.78 is 27.8. The Labute approximate surface area is 127 Å². The SMILES string of the molecule is CC(CCNC1CCS(=O)(=O)CC1)NC(=O)OC(C)(C)C. The third-order valence-corrected chi connectivity index (χ3v) is 5.04. The zero-order valence-corrected chi connectivity index (χ0v) is 14.3. The van der Waals surface area contributed by atoms with E-state index in [1.807, 2.05) is 27.7 Å². The van der Waals surface area contributed by atoms with Crippen molar-refractivity contribution in [3.05, 3.63) is 0 Å². The molecule has 0 saturated carbocycles. The fraction of sp³-hybridized carbons (Fsp3) is 0.929. The van der Waals surface area contributed by atoms with Crippen molar-refractivity contribution in [3.63, 3.8) is 0 Å². The van der Waals surface area contributed by atoms with Crippen LogP contribution in [0.25, 0.3) is 0 Å². The first kappa shape index (κ1) is 18.2. The molecule has 1 fully saturated rings. The first-order valence-electron chi connectivity index (χ1n) is 7.51. The molecule has 1 heterocycles. The van der Waals surface area contributed by atoms with Crippen molar-refractivity contribution in [2.24, 2.45) is 0 Å². The summed E-state index contributed by atoms with van der Waals surface area (Å²) in [5.41, 5.74) is -0.490. The van der Waals surface area contributed by atoms with Crippen molar-refractivity contribution in [2.75, 3.05) is 18.1 Å². The number of hydrogen-bond acceptors (Lipinski definition) is 5. The molecule has 1 aliphatic heterocycles. The van der Waals surface area contributed by atoms with E-state index in [2.05, 4.69) is 10.6 Å². The molecule has 0 spiro atoms. The molecule has 1 unspecified atom stereocenters. The van der Waals surface area contributed by atoms with Crippen LogP contribution in [0.3, 0.4) is 0 Å². The molecule has 0 bridgehead atoms. The molecule has 1 amide bonds. The summed E-state index contributed by atoms with van der Waals surface area (Å²) in [6, 6.07) is 0.280. The normalized spacial score (nSPS) is 20.8. The molecule has 6 nitrogen and oxygen atoms in total. The van der Waals surface area contributed by atoms with Crippen molar-refractivity contribution in [1.29, 1.82) is 0 Å². The number of amides is 1. The molecule has 2 N–H and O–H groups in total. The highest BCUT2D eigenvalue weighted by Crippen LogP contribution is 2.12. The van der Waals surface area contributed by atoms with Crippen LogP contribution in [0.2, 0.25) is 0 Å². The maximum atomic E-state index is 11.6. The van der Waals surface area contributed by atoms with Crippen molar-refractivity contribution < 1.29 is 17.9 Å². The van der Waals surface area contributed by atoms with Gasteiger partial charge in [-0.15, -0.1) is 0 Å². The molecule has 0 aromatic rings. The van der Waals surface area contributed by atoms with Crippen molar-refractivity contribution in [1.82, 2.24) is 10.6 Å². The molecule has 7 heteroatoms. The van der Waals surface area contributed by atoms with Gasteiger partial charge in [-0.3, -0.25) is 0 Å². The fourth-order valence-electron chi connectivity index (χ4n) is 2.18. The number of nitrogens with one attached hydrogen (secondary N) is 2. The summed E-state index contributed by atoms with van der Waals surface area (Å²) in [5, 5.41) is 6.15. The van der Waals surface area contributed by atoms with Crippen molar-refractivity contribution in [2.45, 2.75) is 64.6 Å². The van der Waals surface area contributed by atoms with Gasteiger partial charge < -0.3 is 15.4 Å². The molecular weight excluding hydrogens is 292 g/mol. The van der Waals surface area contributed by atoms with E-state index in [9.17, 15) is 13.2 Å². The molecule has 0 radical (unpaired) electrons. The average molecular weight is 320 g/mol. The van der Waals surface area contributed by atoms with Crippen LogP contribution in [0.5, 0.6) is 0 Å². The van der Waals surface area contributed by atoms with Gasteiger partial charge in [-0.1, -0.05) is 0 Å². The zero-order valence-electron chi connectivity index (χ0n) is 13.4. The lowest BCUT2D eigenvalue weighted by molar-refractivity contribution is 0.0506. The van der Waals surface area contributed by atoms with Gasteiger partial charge in [0.25, 0.3) is 0 Å². The van der Waals surface area contributed by atoms with Gasteiger partial charge in [0.1, 0.15) is 15.4 Å². The Hall–Kier alpha value is -0.820. The summed E-state index contributed by atoms with van der Waals surface area (Å²) in [6.45, 7) is 8.17. The zero-order chi connectivity index (χ0) is 16.1. The van der Waals surface area contributed by atoms with Gasteiger partial charge in [0, 0.05) is 12.1 Å². The lowest BCUT2D eigenvalue weighted by Crippen LogP contribution is -2.41. The smallest absolute Gasteiger partial charge is 0.407 e. The van der Waals surface area contributed by atoms with Crippen LogP contribution in [-0.2, 0) is 14.6 Å². The first-order chi connectivity index (χ1) is 9.57. The second kappa shape index (κ2) is 7.45. The second-order valence-electron chi connectivity index (χ2n) is 6.72. The maximum Gasteiger partial charge on any atom is 0.407 e. The molecule has 0 aliphatic carbocycles. The third kappa shape index (κ3) is 8.26. The number of rotatable bonds is 5. The molecule has 0 aromatic heterocycles. The Morgan fingerprint density at radius 1 is 1.29 bits per heavy atom. The first-order valence-corrected chi connectivity index (χ1v) is 9.33. The van der Waals surface area contributed by atoms with E-state index < -0.39 is 21.5 Å². The molecule has 0 aromatic carbocycles. The minimum absolute atomic E-state index is 0.0136. The van der Waals surface area contributed by atoms with Gasteiger partial charge in [-0.2, -0.15) is 0 Å². The summed E-state index contributed by atoms with van der Waals surface area (Å²) in [4.78, 5) is 11.6. The molecule has 1 saturated heterocycles. The predicted molar refractivity (Wildman–Crippen MR) is 83.1 cm³/mol. The van der Waals surface area contributed by atoms with E-state index in [4.69, 9.17) is 4.74 Å². The number of alkyl carbamates (subject to hydrolysis) is 1. The number of ether oxygens (including phenoxy) is 1. The quantitative estimate of drug-likeness (QED) is 0.801. The Morgan fingerprint density at radius 3 is 2.38 bits per heavy atom. The van der Waals surface area contributed by atoms with Gasteiger partial charge in [-0.05, 0) is 53.5 Å². The Kier molecular flexibility index (Phi) is 6.46. The monoisotopic (exact) mass is 320 g/mol. The average Bonchev–Trinajstić information content (AvgIpc) is 2.28. The van der Waals surface area contributed by atoms with Crippen LogP contribution in [0.1, 0.15) is 47.0 Å². The highest BCUT2D eigenvalue weighted by Gasteiger charge is 2.23. The van der Waals surface area contributed by atoms with Crippen LogP contribution in [0, 0.1) is 0 Å². The summed E-state index contributed by atoms with van der Waals surface area (Å²) in [5.74, 6) is 0.548. The maximum absolute atomic E-state index is 11.6. The van der Waals surface area contributed by atoms with Gasteiger partial charge >= 0.3 is 6.09 Å². The molecule has 1 atom stereocenters. The van der Waals surface area contributed by atoms with Crippen LogP contribution in [0.4, 0.5) is 4.79 Å². The molecule has 21 heavy (non-hydrogen) atoms. The van der Waals surface area contributed by atoms with E-state index >= 15 is 0 Å². The minimum atomic E-state index is -2.80. The van der Waals surface area contributed by atoms with Crippen LogP contribution >= 0.6 is 0 Å². The predicted octanol–water partition coefficient (Wildman–Crippen LogP) is 1.46. The van der Waals surface area contributed by atoms with Crippen LogP contribution in [-0.4, -0.2) is 50.2 Å². The topological polar surface area (TPSA) is 84.5 Å². The molecule has 124 valence electrons. The highest BCUT2D eigenvalue weighted by molar-refractivity contribution is 7.91. The summed E-state index contributed by atoms with van der Waals surface area (Å²) in [6.07, 6.45) is 1.73. The Balaban J connectivity index is 2.16. The van der Waals surface area contributed by atoms with Gasteiger partial charge in [0.15, 0.2) is 0 Å². The van der Waals surface area contributed by atoms with Crippen molar-refractivity contribution in [3.8, 4) is 0 Å². The van der Waals surface area contributed by atoms with Crippen LogP contribution < -0.4 is 10.6 Å². The molecule has 1 aliphatic rings. The number of sulfone groups is 1. The van der Waals surface area contributed by atoms with Gasteiger partial charge in [0.05, 0.1) is 11.5 Å². The van der Waals surface area contributed by atoms with E-state index in [1.54, 1.807) is 0 Å². The standard InChI is InChI=1S/C14H28N2O4S/c1-11(16-13(17)20-14(2,3)4)5-8-15-12-6-9-21(18,19)10-7-12/h11-12,15H,5-10H2,1-4H3,(H,16,17).